The molecule has 0 aliphatic carbocycles. The fourth-order valence-electron chi connectivity index (χ4n) is 2.70. The fourth-order valence-corrected chi connectivity index (χ4v) is 2.70. The summed E-state index contributed by atoms with van der Waals surface area (Å²) in [5.41, 5.74) is 0.853. The van der Waals surface area contributed by atoms with Crippen molar-refractivity contribution in [3.8, 4) is 5.75 Å². The number of ketones is 1. The number of carbonyl (C=O) groups excluding carboxylic acids is 2. The maximum absolute atomic E-state index is 12.7. The summed E-state index contributed by atoms with van der Waals surface area (Å²) >= 11 is 0. The molecule has 1 amide bonds. The number of aliphatic carboxylic acids is 1. The Morgan fingerprint density at radius 3 is 2.35 bits per heavy atom. The summed E-state index contributed by atoms with van der Waals surface area (Å²) in [6, 6.07) is 4.32. The van der Waals surface area contributed by atoms with Crippen LogP contribution in [-0.4, -0.2) is 40.8 Å². The smallest absolute Gasteiger partial charge is 0.326 e. The van der Waals surface area contributed by atoms with E-state index in [4.69, 9.17) is 4.74 Å². The number of methoxy groups -OCH3 is 1. The summed E-state index contributed by atoms with van der Waals surface area (Å²) in [6.07, 6.45) is 0.688. The highest BCUT2D eigenvalue weighted by Crippen LogP contribution is 2.29. The molecule has 6 heteroatoms. The van der Waals surface area contributed by atoms with Crippen LogP contribution in [0.1, 0.15) is 52.2 Å². The third-order valence-electron chi connectivity index (χ3n) is 4.78. The van der Waals surface area contributed by atoms with Gasteiger partial charge in [0.1, 0.15) is 11.8 Å². The maximum atomic E-state index is 12.7. The number of Topliss-reactive ketones (excluding diaryl/α,β-unsaturated/α-hetero) is 1. The molecule has 1 aromatic rings. The van der Waals surface area contributed by atoms with E-state index in [0.717, 1.165) is 11.1 Å². The Bertz CT molecular complexity index is 681. The number of hydrogen-bond donors (Lipinski definition) is 1. The molecule has 1 aromatic carbocycles. The minimum atomic E-state index is -1.10. The van der Waals surface area contributed by atoms with E-state index in [2.05, 4.69) is 0 Å². The first-order valence-corrected chi connectivity index (χ1v) is 8.95. The van der Waals surface area contributed by atoms with Gasteiger partial charge >= 0.3 is 5.97 Å². The summed E-state index contributed by atoms with van der Waals surface area (Å²) < 4.78 is 5.18. The van der Waals surface area contributed by atoms with Gasteiger partial charge in [-0.2, -0.15) is 0 Å². The normalized spacial score (nSPS) is 16.1. The van der Waals surface area contributed by atoms with Crippen molar-refractivity contribution < 1.29 is 24.2 Å². The Hall–Kier alpha value is -2.37. The molecule has 0 aromatic heterocycles. The van der Waals surface area contributed by atoms with E-state index < -0.39 is 29.1 Å². The van der Waals surface area contributed by atoms with Gasteiger partial charge < -0.3 is 14.7 Å². The number of ether oxygens (including phenoxy) is 1. The van der Waals surface area contributed by atoms with E-state index in [1.165, 1.54) is 4.90 Å². The highest BCUT2D eigenvalue weighted by molar-refractivity contribution is 6.38. The van der Waals surface area contributed by atoms with Crippen LogP contribution < -0.4 is 4.74 Å². The number of rotatable bonds is 5. The lowest BCUT2D eigenvalue weighted by Gasteiger charge is -2.35. The van der Waals surface area contributed by atoms with Crippen LogP contribution in [0.2, 0.25) is 0 Å². The van der Waals surface area contributed by atoms with Gasteiger partial charge in [-0.25, -0.2) is 4.79 Å². The topological polar surface area (TPSA) is 83.9 Å². The third kappa shape index (κ3) is 4.42. The number of carboxylic acid groups (broad SMARTS) is 1. The first-order valence-electron chi connectivity index (χ1n) is 8.95. The standard InChI is InChI=1S/C18H23NO5.C2H6/c1-5-18(2,3)15(20)16(21)19-10-12-8-13(24-4)7-6-11(12)9-14(19)17(22)23;1-2/h6-8,14H,5,9-10H2,1-4H3,(H,22,23);1-2H3. The molecule has 0 bridgehead atoms. The van der Waals surface area contributed by atoms with Crippen molar-refractivity contribution in [2.24, 2.45) is 5.41 Å². The van der Waals surface area contributed by atoms with E-state index in [0.29, 0.717) is 12.2 Å². The minimum Gasteiger partial charge on any atom is -0.497 e. The molecule has 1 N–H and O–H groups in total. The molecule has 1 heterocycles. The molecule has 1 aliphatic heterocycles. The number of hydrogen-bond acceptors (Lipinski definition) is 4. The zero-order valence-corrected chi connectivity index (χ0v) is 16.5. The van der Waals surface area contributed by atoms with Gasteiger partial charge in [0.05, 0.1) is 7.11 Å². The molecular weight excluding hydrogens is 334 g/mol. The number of carboxylic acids is 1. The second-order valence-corrected chi connectivity index (χ2v) is 6.69. The number of carbonyl (C=O) groups is 3. The highest BCUT2D eigenvalue weighted by Gasteiger charge is 2.41. The molecule has 0 spiro atoms. The van der Waals surface area contributed by atoms with Crippen LogP contribution in [0, 0.1) is 5.41 Å². The van der Waals surface area contributed by atoms with Crippen molar-refractivity contribution >= 4 is 17.7 Å². The van der Waals surface area contributed by atoms with Gasteiger partial charge in [0.25, 0.3) is 5.91 Å². The van der Waals surface area contributed by atoms with E-state index in [9.17, 15) is 19.5 Å². The number of amides is 1. The summed E-state index contributed by atoms with van der Waals surface area (Å²) in [4.78, 5) is 37.9. The summed E-state index contributed by atoms with van der Waals surface area (Å²) in [7, 11) is 1.54. The van der Waals surface area contributed by atoms with Crippen LogP contribution in [0.3, 0.4) is 0 Å². The number of fused-ring (bicyclic) bond motifs is 1. The zero-order chi connectivity index (χ0) is 20.1. The van der Waals surface area contributed by atoms with Crippen LogP contribution >= 0.6 is 0 Å². The van der Waals surface area contributed by atoms with Crippen LogP contribution in [0.5, 0.6) is 5.75 Å². The van der Waals surface area contributed by atoms with Crippen LogP contribution in [0.25, 0.3) is 0 Å². The molecular formula is C20H29NO5. The molecule has 2 rings (SSSR count). The van der Waals surface area contributed by atoms with Crippen molar-refractivity contribution in [2.75, 3.05) is 7.11 Å². The Labute approximate surface area is 155 Å². The number of benzene rings is 1. The van der Waals surface area contributed by atoms with Crippen LogP contribution in [0.4, 0.5) is 0 Å². The first kappa shape index (κ1) is 21.7. The van der Waals surface area contributed by atoms with E-state index >= 15 is 0 Å². The largest absolute Gasteiger partial charge is 0.497 e. The predicted octanol–water partition coefficient (Wildman–Crippen LogP) is 3.06. The maximum Gasteiger partial charge on any atom is 0.326 e. The van der Waals surface area contributed by atoms with E-state index in [-0.39, 0.29) is 13.0 Å². The molecule has 144 valence electrons. The van der Waals surface area contributed by atoms with Crippen molar-refractivity contribution in [3.05, 3.63) is 29.3 Å². The van der Waals surface area contributed by atoms with Gasteiger partial charge in [-0.1, -0.05) is 40.7 Å². The Morgan fingerprint density at radius 1 is 1.23 bits per heavy atom. The van der Waals surface area contributed by atoms with Crippen molar-refractivity contribution in [2.45, 2.75) is 60.0 Å². The number of nitrogens with zero attached hydrogens (tertiary/aromatic N) is 1. The van der Waals surface area contributed by atoms with E-state index in [1.807, 2.05) is 26.8 Å². The molecule has 0 saturated carbocycles. The predicted molar refractivity (Wildman–Crippen MR) is 99.1 cm³/mol. The lowest BCUT2D eigenvalue weighted by atomic mass is 9.83. The minimum absolute atomic E-state index is 0.0911. The average molecular weight is 363 g/mol. The third-order valence-corrected chi connectivity index (χ3v) is 4.78. The highest BCUT2D eigenvalue weighted by atomic mass is 16.5. The molecule has 1 unspecified atom stereocenters. The van der Waals surface area contributed by atoms with Gasteiger partial charge in [0.2, 0.25) is 5.78 Å². The van der Waals surface area contributed by atoms with Gasteiger partial charge in [0, 0.05) is 18.4 Å². The molecule has 0 radical (unpaired) electrons. The van der Waals surface area contributed by atoms with Gasteiger partial charge in [-0.3, -0.25) is 9.59 Å². The van der Waals surface area contributed by atoms with Crippen molar-refractivity contribution in [1.82, 2.24) is 4.90 Å². The molecule has 1 aliphatic rings. The first-order chi connectivity index (χ1) is 12.2. The monoisotopic (exact) mass is 363 g/mol. The Morgan fingerprint density at radius 2 is 1.85 bits per heavy atom. The quantitative estimate of drug-likeness (QED) is 0.813. The molecule has 1 atom stereocenters. The summed E-state index contributed by atoms with van der Waals surface area (Å²) in [5.74, 6) is -1.76. The lowest BCUT2D eigenvalue weighted by Crippen LogP contribution is -2.53. The Kier molecular flexibility index (Phi) is 7.36. The van der Waals surface area contributed by atoms with Crippen molar-refractivity contribution in [3.63, 3.8) is 0 Å². The van der Waals surface area contributed by atoms with Gasteiger partial charge in [0.15, 0.2) is 0 Å². The summed E-state index contributed by atoms with van der Waals surface area (Å²) in [5, 5.41) is 9.50. The van der Waals surface area contributed by atoms with Crippen molar-refractivity contribution in [1.29, 1.82) is 0 Å². The molecule has 0 fully saturated rings. The second-order valence-electron chi connectivity index (χ2n) is 6.69. The van der Waals surface area contributed by atoms with Gasteiger partial charge in [-0.05, 0) is 29.7 Å². The molecule has 0 saturated heterocycles. The Balaban J connectivity index is 0.00000163. The van der Waals surface area contributed by atoms with E-state index in [1.54, 1.807) is 33.1 Å². The SMILES string of the molecule is CC.CCC(C)(C)C(=O)C(=O)N1Cc2cc(OC)ccc2CC1C(=O)O. The zero-order valence-electron chi connectivity index (χ0n) is 16.5. The van der Waals surface area contributed by atoms with Crippen LogP contribution in [0.15, 0.2) is 18.2 Å². The molecule has 6 nitrogen and oxygen atoms in total. The molecule has 26 heavy (non-hydrogen) atoms. The van der Waals surface area contributed by atoms with Crippen LogP contribution in [-0.2, 0) is 27.3 Å². The average Bonchev–Trinajstić information content (AvgIpc) is 2.66. The summed E-state index contributed by atoms with van der Waals surface area (Å²) in [6.45, 7) is 9.32. The van der Waals surface area contributed by atoms with Gasteiger partial charge in [-0.15, -0.1) is 0 Å². The second kappa shape index (κ2) is 8.83. The fraction of sp³-hybridized carbons (Fsp3) is 0.550. The lowest BCUT2D eigenvalue weighted by molar-refractivity contribution is -0.157.